The smallest absolute Gasteiger partial charge is 0.356 e. The molecule has 1 aromatic carbocycles. The van der Waals surface area contributed by atoms with Crippen LogP contribution >= 0.6 is 0 Å². The lowest BCUT2D eigenvalue weighted by molar-refractivity contribution is 0.0593. The molecule has 0 unspecified atom stereocenters. The summed E-state index contributed by atoms with van der Waals surface area (Å²) in [6.45, 7) is 1.83. The second-order valence-corrected chi connectivity index (χ2v) is 7.31. The molecule has 0 radical (unpaired) electrons. The number of carbonyl (C=O) groups is 1. The Bertz CT molecular complexity index is 1110. The van der Waals surface area contributed by atoms with Gasteiger partial charge < -0.3 is 14.5 Å². The summed E-state index contributed by atoms with van der Waals surface area (Å²) in [6, 6.07) is 9.57. The Hall–Kier alpha value is -3.55. The van der Waals surface area contributed by atoms with Gasteiger partial charge in [-0.15, -0.1) is 0 Å². The normalized spacial score (nSPS) is 13.9. The van der Waals surface area contributed by atoms with E-state index < -0.39 is 5.97 Å². The van der Waals surface area contributed by atoms with E-state index in [0.29, 0.717) is 11.6 Å². The van der Waals surface area contributed by atoms with E-state index in [9.17, 15) is 4.79 Å². The third kappa shape index (κ3) is 4.07. The monoisotopic (exact) mass is 404 g/mol. The first-order chi connectivity index (χ1) is 14.5. The largest absolute Gasteiger partial charge is 0.464 e. The lowest BCUT2D eigenvalue weighted by Crippen LogP contribution is -2.20. The number of para-hydroxylation sites is 1. The maximum atomic E-state index is 12.1. The number of benzene rings is 1. The van der Waals surface area contributed by atoms with Gasteiger partial charge >= 0.3 is 5.97 Å². The van der Waals surface area contributed by atoms with E-state index in [4.69, 9.17) is 4.74 Å². The maximum Gasteiger partial charge on any atom is 0.356 e. The van der Waals surface area contributed by atoms with Crippen molar-refractivity contribution in [3.8, 4) is 0 Å². The van der Waals surface area contributed by atoms with E-state index in [-0.39, 0.29) is 5.69 Å². The molecule has 3 aromatic rings. The van der Waals surface area contributed by atoms with Crippen LogP contribution in [0.4, 0.5) is 11.6 Å². The van der Waals surface area contributed by atoms with E-state index in [0.717, 1.165) is 48.5 Å². The topological polar surface area (TPSA) is 84.3 Å². The summed E-state index contributed by atoms with van der Waals surface area (Å²) < 4.78 is 4.86. The Balaban J connectivity index is 1.72. The molecule has 154 valence electrons. The molecular weight excluding hydrogens is 380 g/mol. The van der Waals surface area contributed by atoms with Gasteiger partial charge in [-0.2, -0.15) is 0 Å². The van der Waals surface area contributed by atoms with E-state index in [1.165, 1.54) is 7.11 Å². The fraction of sp³-hybridized carbons (Fsp3) is 0.318. The molecule has 0 aliphatic carbocycles. The predicted molar refractivity (Wildman–Crippen MR) is 118 cm³/mol. The standard InChI is InChI=1S/C22H24N6O2/c1-27(2)21-15-8-4-5-9-16(15)23-19(26-21)11-10-18-24-17(22(29)30-3)14-20(25-18)28-12-6-7-13-28/h4-5,8-11,14H,6-7,12-13H2,1-3H3. The Morgan fingerprint density at radius 3 is 2.43 bits per heavy atom. The number of esters is 1. The minimum Gasteiger partial charge on any atom is -0.464 e. The number of aromatic nitrogens is 4. The van der Waals surface area contributed by atoms with Gasteiger partial charge in [0.05, 0.1) is 12.6 Å². The predicted octanol–water partition coefficient (Wildman–Crippen LogP) is 3.04. The summed E-state index contributed by atoms with van der Waals surface area (Å²) >= 11 is 0. The Morgan fingerprint density at radius 1 is 1.03 bits per heavy atom. The van der Waals surface area contributed by atoms with Crippen LogP contribution in [0.25, 0.3) is 23.1 Å². The molecule has 0 atom stereocenters. The number of methoxy groups -OCH3 is 1. The van der Waals surface area contributed by atoms with Crippen LogP contribution < -0.4 is 9.80 Å². The average molecular weight is 404 g/mol. The number of fused-ring (bicyclic) bond motifs is 1. The van der Waals surface area contributed by atoms with Crippen LogP contribution in [0.1, 0.15) is 35.0 Å². The van der Waals surface area contributed by atoms with Crippen molar-refractivity contribution in [3.05, 3.63) is 47.7 Å². The van der Waals surface area contributed by atoms with Crippen molar-refractivity contribution in [2.75, 3.05) is 44.1 Å². The summed E-state index contributed by atoms with van der Waals surface area (Å²) in [7, 11) is 5.25. The molecular formula is C22H24N6O2. The van der Waals surface area contributed by atoms with Crippen molar-refractivity contribution in [2.45, 2.75) is 12.8 Å². The van der Waals surface area contributed by atoms with Crippen LogP contribution in [0.3, 0.4) is 0 Å². The quantitative estimate of drug-likeness (QED) is 0.600. The van der Waals surface area contributed by atoms with Gasteiger partial charge in [-0.1, -0.05) is 12.1 Å². The number of anilines is 2. The SMILES string of the molecule is COC(=O)c1cc(N2CCCC2)nc(C=Cc2nc(N(C)C)c3ccccc3n2)n1. The van der Waals surface area contributed by atoms with Crippen molar-refractivity contribution in [3.63, 3.8) is 0 Å². The fourth-order valence-electron chi connectivity index (χ4n) is 3.49. The van der Waals surface area contributed by atoms with Crippen LogP contribution in [0.2, 0.25) is 0 Å². The average Bonchev–Trinajstić information content (AvgIpc) is 3.31. The van der Waals surface area contributed by atoms with Gasteiger partial charge in [0, 0.05) is 38.6 Å². The van der Waals surface area contributed by atoms with Crippen molar-refractivity contribution in [1.82, 2.24) is 19.9 Å². The third-order valence-electron chi connectivity index (χ3n) is 4.96. The molecule has 1 aliphatic heterocycles. The lowest BCUT2D eigenvalue weighted by atomic mass is 10.2. The molecule has 1 saturated heterocycles. The number of hydrogen-bond acceptors (Lipinski definition) is 8. The summed E-state index contributed by atoms with van der Waals surface area (Å²) in [6.07, 6.45) is 5.72. The first-order valence-electron chi connectivity index (χ1n) is 9.89. The number of ether oxygens (including phenoxy) is 1. The zero-order valence-corrected chi connectivity index (χ0v) is 17.4. The van der Waals surface area contributed by atoms with E-state index in [2.05, 4.69) is 24.8 Å². The molecule has 3 heterocycles. The third-order valence-corrected chi connectivity index (χ3v) is 4.96. The van der Waals surface area contributed by atoms with Crippen molar-refractivity contribution < 1.29 is 9.53 Å². The highest BCUT2D eigenvalue weighted by molar-refractivity contribution is 5.90. The molecule has 0 bridgehead atoms. The summed E-state index contributed by atoms with van der Waals surface area (Å²) in [4.78, 5) is 34.5. The van der Waals surface area contributed by atoms with Gasteiger partial charge in [0.1, 0.15) is 11.6 Å². The molecule has 30 heavy (non-hydrogen) atoms. The highest BCUT2D eigenvalue weighted by Crippen LogP contribution is 2.23. The molecule has 0 saturated carbocycles. The molecule has 2 aromatic heterocycles. The zero-order chi connectivity index (χ0) is 21.1. The molecule has 0 N–H and O–H groups in total. The number of nitrogens with zero attached hydrogens (tertiary/aromatic N) is 6. The van der Waals surface area contributed by atoms with Crippen LogP contribution in [0.15, 0.2) is 30.3 Å². The van der Waals surface area contributed by atoms with Gasteiger partial charge in [0.25, 0.3) is 0 Å². The molecule has 1 aliphatic rings. The first kappa shape index (κ1) is 19.8. The first-order valence-corrected chi connectivity index (χ1v) is 9.89. The highest BCUT2D eigenvalue weighted by atomic mass is 16.5. The fourth-order valence-corrected chi connectivity index (χ4v) is 3.49. The van der Waals surface area contributed by atoms with Crippen molar-refractivity contribution >= 4 is 40.7 Å². The summed E-state index contributed by atoms with van der Waals surface area (Å²) in [5.74, 6) is 2.05. The van der Waals surface area contributed by atoms with Crippen LogP contribution in [-0.2, 0) is 4.74 Å². The highest BCUT2D eigenvalue weighted by Gasteiger charge is 2.18. The van der Waals surface area contributed by atoms with Crippen LogP contribution in [0, 0.1) is 0 Å². The second kappa shape index (κ2) is 8.44. The summed E-state index contributed by atoms with van der Waals surface area (Å²) in [5.41, 5.74) is 1.10. The molecule has 8 heteroatoms. The van der Waals surface area contributed by atoms with Gasteiger partial charge in [-0.3, -0.25) is 0 Å². The Kier molecular flexibility index (Phi) is 5.56. The zero-order valence-electron chi connectivity index (χ0n) is 17.4. The van der Waals surface area contributed by atoms with Gasteiger partial charge in [-0.05, 0) is 37.1 Å². The second-order valence-electron chi connectivity index (χ2n) is 7.31. The van der Waals surface area contributed by atoms with Gasteiger partial charge in [0.2, 0.25) is 0 Å². The number of hydrogen-bond donors (Lipinski definition) is 0. The van der Waals surface area contributed by atoms with Gasteiger partial charge in [0.15, 0.2) is 17.3 Å². The van der Waals surface area contributed by atoms with Gasteiger partial charge in [-0.25, -0.2) is 24.7 Å². The Labute approximate surface area is 175 Å². The van der Waals surface area contributed by atoms with Crippen molar-refractivity contribution in [1.29, 1.82) is 0 Å². The minimum absolute atomic E-state index is 0.238. The molecule has 0 spiro atoms. The lowest BCUT2D eigenvalue weighted by Gasteiger charge is -2.17. The van der Waals surface area contributed by atoms with Crippen LogP contribution in [-0.4, -0.2) is 60.2 Å². The number of rotatable bonds is 5. The Morgan fingerprint density at radius 2 is 1.73 bits per heavy atom. The van der Waals surface area contributed by atoms with Crippen molar-refractivity contribution in [2.24, 2.45) is 0 Å². The molecule has 1 fully saturated rings. The van der Waals surface area contributed by atoms with E-state index in [1.54, 1.807) is 18.2 Å². The number of carbonyl (C=O) groups excluding carboxylic acids is 1. The van der Waals surface area contributed by atoms with E-state index >= 15 is 0 Å². The summed E-state index contributed by atoms with van der Waals surface area (Å²) in [5, 5.41) is 0.986. The molecule has 4 rings (SSSR count). The molecule has 0 amide bonds. The molecule has 8 nitrogen and oxygen atoms in total. The van der Waals surface area contributed by atoms with Crippen LogP contribution in [0.5, 0.6) is 0 Å². The van der Waals surface area contributed by atoms with E-state index in [1.807, 2.05) is 43.3 Å². The maximum absolute atomic E-state index is 12.1. The minimum atomic E-state index is -0.482.